The van der Waals surface area contributed by atoms with Crippen molar-refractivity contribution in [3.05, 3.63) is 53.4 Å². The van der Waals surface area contributed by atoms with Crippen molar-refractivity contribution in [2.75, 3.05) is 5.32 Å². The number of urea groups is 1. The van der Waals surface area contributed by atoms with Gasteiger partial charge in [-0.15, -0.1) is 0 Å². The molecule has 4 rings (SSSR count). The molecule has 2 amide bonds. The summed E-state index contributed by atoms with van der Waals surface area (Å²) >= 11 is 0. The molecular formula is C19H14F4N4O. The second-order valence-electron chi connectivity index (χ2n) is 6.74. The molecule has 1 atom stereocenters. The zero-order valence-corrected chi connectivity index (χ0v) is 14.4. The third-order valence-electron chi connectivity index (χ3n) is 4.62. The molecular weight excluding hydrogens is 376 g/mol. The van der Waals surface area contributed by atoms with E-state index in [0.717, 1.165) is 19.0 Å². The van der Waals surface area contributed by atoms with Crippen LogP contribution in [0.5, 0.6) is 0 Å². The Bertz CT molecular complexity index is 1010. The van der Waals surface area contributed by atoms with E-state index in [1.165, 1.54) is 24.5 Å². The van der Waals surface area contributed by atoms with Crippen LogP contribution in [-0.2, 0) is 12.0 Å². The summed E-state index contributed by atoms with van der Waals surface area (Å²) in [6.07, 6.45) is -1.08. The maximum atomic E-state index is 14.0. The molecule has 5 nitrogen and oxygen atoms in total. The van der Waals surface area contributed by atoms with Crippen LogP contribution in [0.1, 0.15) is 29.7 Å². The molecule has 2 heterocycles. The van der Waals surface area contributed by atoms with Gasteiger partial charge in [0.15, 0.2) is 5.82 Å². The van der Waals surface area contributed by atoms with Crippen molar-refractivity contribution < 1.29 is 22.4 Å². The van der Waals surface area contributed by atoms with Gasteiger partial charge in [0.25, 0.3) is 0 Å². The first kappa shape index (κ1) is 18.2. The molecule has 9 heteroatoms. The normalized spacial score (nSPS) is 21.1. The summed E-state index contributed by atoms with van der Waals surface area (Å²) in [4.78, 5) is 19.4. The van der Waals surface area contributed by atoms with Crippen LogP contribution >= 0.6 is 0 Å². The van der Waals surface area contributed by atoms with Crippen molar-refractivity contribution in [3.63, 3.8) is 0 Å². The Kier molecular flexibility index (Phi) is 4.22. The van der Waals surface area contributed by atoms with Gasteiger partial charge < -0.3 is 10.6 Å². The number of carbonyl (C=O) groups is 1. The van der Waals surface area contributed by atoms with Gasteiger partial charge in [0.1, 0.15) is 6.33 Å². The van der Waals surface area contributed by atoms with E-state index >= 15 is 0 Å². The van der Waals surface area contributed by atoms with Crippen molar-refractivity contribution >= 4 is 11.7 Å². The lowest BCUT2D eigenvalue weighted by Crippen LogP contribution is -2.59. The minimum atomic E-state index is -4.82. The highest BCUT2D eigenvalue weighted by Gasteiger charge is 2.59. The minimum absolute atomic E-state index is 0.0156. The number of anilines is 1. The summed E-state index contributed by atoms with van der Waals surface area (Å²) in [7, 11) is 0. The van der Waals surface area contributed by atoms with Crippen molar-refractivity contribution in [3.8, 4) is 11.8 Å². The van der Waals surface area contributed by atoms with Gasteiger partial charge >= 0.3 is 12.2 Å². The number of aromatic nitrogens is 2. The molecule has 2 aromatic rings. The van der Waals surface area contributed by atoms with Crippen LogP contribution in [-0.4, -0.2) is 22.2 Å². The van der Waals surface area contributed by atoms with Crippen LogP contribution in [0.4, 0.5) is 28.0 Å². The van der Waals surface area contributed by atoms with Crippen LogP contribution < -0.4 is 10.6 Å². The minimum Gasteiger partial charge on any atom is -0.310 e. The predicted molar refractivity (Wildman–Crippen MR) is 91.6 cm³/mol. The molecule has 1 aromatic heterocycles. The van der Waals surface area contributed by atoms with E-state index in [-0.39, 0.29) is 29.3 Å². The standard InChI is InChI=1S/C19H14F4N4O/c20-14-9-24-10-25-16(14)8-12-3-4-13-15(7-12)26-17(28)27-18(13,19(21,22)23)6-5-11-1-2-11/h3-4,7,9-11H,1-2,8H2,(H2,26,27,28)/t18-/m0/s1. The van der Waals surface area contributed by atoms with Gasteiger partial charge in [-0.05, 0) is 24.5 Å². The number of benzene rings is 1. The molecule has 1 fully saturated rings. The first-order chi connectivity index (χ1) is 13.3. The van der Waals surface area contributed by atoms with E-state index in [0.29, 0.717) is 5.56 Å². The molecule has 1 aliphatic heterocycles. The van der Waals surface area contributed by atoms with Crippen molar-refractivity contribution in [2.45, 2.75) is 31.0 Å². The molecule has 1 saturated carbocycles. The van der Waals surface area contributed by atoms with Gasteiger partial charge in [0, 0.05) is 23.6 Å². The Hall–Kier alpha value is -3.15. The summed E-state index contributed by atoms with van der Waals surface area (Å²) in [5.74, 6) is 4.20. The SMILES string of the molecule is O=C1Nc2cc(Cc3ncncc3F)ccc2[C@@](C#CC2CC2)(C(F)(F)F)N1. The molecule has 0 radical (unpaired) electrons. The Morgan fingerprint density at radius 2 is 2.07 bits per heavy atom. The first-order valence-electron chi connectivity index (χ1n) is 8.55. The van der Waals surface area contributed by atoms with Crippen LogP contribution in [0.15, 0.2) is 30.7 Å². The van der Waals surface area contributed by atoms with Gasteiger partial charge in [0.2, 0.25) is 5.54 Å². The van der Waals surface area contributed by atoms with Crippen molar-refractivity contribution in [1.82, 2.24) is 15.3 Å². The maximum absolute atomic E-state index is 14.0. The maximum Gasteiger partial charge on any atom is 0.427 e. The number of alkyl halides is 3. The van der Waals surface area contributed by atoms with E-state index in [1.54, 1.807) is 0 Å². The summed E-state index contributed by atoms with van der Waals surface area (Å²) in [5.41, 5.74) is -2.40. The second kappa shape index (κ2) is 6.48. The van der Waals surface area contributed by atoms with Crippen LogP contribution in [0.3, 0.4) is 0 Å². The average molecular weight is 390 g/mol. The summed E-state index contributed by atoms with van der Waals surface area (Å²) < 4.78 is 55.8. The van der Waals surface area contributed by atoms with Crippen molar-refractivity contribution in [1.29, 1.82) is 0 Å². The topological polar surface area (TPSA) is 66.9 Å². The molecule has 1 aromatic carbocycles. The number of fused-ring (bicyclic) bond motifs is 1. The molecule has 144 valence electrons. The Morgan fingerprint density at radius 1 is 1.29 bits per heavy atom. The fourth-order valence-corrected chi connectivity index (χ4v) is 3.02. The number of carbonyl (C=O) groups excluding carboxylic acids is 1. The third-order valence-corrected chi connectivity index (χ3v) is 4.62. The molecule has 28 heavy (non-hydrogen) atoms. The Balaban J connectivity index is 1.77. The lowest BCUT2D eigenvalue weighted by molar-refractivity contribution is -0.178. The lowest BCUT2D eigenvalue weighted by atomic mass is 9.85. The van der Waals surface area contributed by atoms with Gasteiger partial charge in [-0.3, -0.25) is 0 Å². The molecule has 2 N–H and O–H groups in total. The predicted octanol–water partition coefficient (Wildman–Crippen LogP) is 3.51. The van der Waals surface area contributed by atoms with Crippen molar-refractivity contribution in [2.24, 2.45) is 5.92 Å². The quantitative estimate of drug-likeness (QED) is 0.609. The molecule has 0 saturated heterocycles. The fraction of sp³-hybridized carbons (Fsp3) is 0.316. The fourth-order valence-electron chi connectivity index (χ4n) is 3.02. The number of halogens is 4. The van der Waals surface area contributed by atoms with Crippen LogP contribution in [0.2, 0.25) is 0 Å². The molecule has 1 aliphatic carbocycles. The second-order valence-corrected chi connectivity index (χ2v) is 6.74. The van der Waals surface area contributed by atoms with Crippen LogP contribution in [0.25, 0.3) is 0 Å². The monoisotopic (exact) mass is 390 g/mol. The number of rotatable bonds is 2. The van der Waals surface area contributed by atoms with Gasteiger partial charge in [-0.25, -0.2) is 19.2 Å². The van der Waals surface area contributed by atoms with E-state index in [4.69, 9.17) is 0 Å². The van der Waals surface area contributed by atoms with E-state index in [2.05, 4.69) is 27.1 Å². The zero-order chi connectivity index (χ0) is 19.9. The average Bonchev–Trinajstić information content (AvgIpc) is 3.44. The molecule has 2 aliphatic rings. The number of nitrogens with one attached hydrogen (secondary N) is 2. The summed E-state index contributed by atoms with van der Waals surface area (Å²) in [6, 6.07) is 3.08. The largest absolute Gasteiger partial charge is 0.427 e. The third kappa shape index (κ3) is 3.26. The summed E-state index contributed by atoms with van der Waals surface area (Å²) in [6.45, 7) is 0. The van der Waals surface area contributed by atoms with Gasteiger partial charge in [-0.1, -0.05) is 24.0 Å². The Morgan fingerprint density at radius 3 is 2.75 bits per heavy atom. The highest BCUT2D eigenvalue weighted by atomic mass is 19.4. The van der Waals surface area contributed by atoms with Gasteiger partial charge in [-0.2, -0.15) is 13.2 Å². The zero-order valence-electron chi connectivity index (χ0n) is 14.4. The molecule has 0 bridgehead atoms. The van der Waals surface area contributed by atoms with Crippen LogP contribution in [0, 0.1) is 23.6 Å². The molecule has 0 unspecified atom stereocenters. The number of nitrogens with zero attached hydrogens (tertiary/aromatic N) is 2. The van der Waals surface area contributed by atoms with E-state index in [9.17, 15) is 22.4 Å². The first-order valence-corrected chi connectivity index (χ1v) is 8.55. The number of hydrogen-bond acceptors (Lipinski definition) is 3. The number of amides is 2. The highest BCUT2D eigenvalue weighted by molar-refractivity contribution is 5.95. The smallest absolute Gasteiger partial charge is 0.310 e. The van der Waals surface area contributed by atoms with E-state index in [1.807, 2.05) is 5.32 Å². The number of hydrogen-bond donors (Lipinski definition) is 2. The molecule has 0 spiro atoms. The van der Waals surface area contributed by atoms with Gasteiger partial charge in [0.05, 0.1) is 11.9 Å². The Labute approximate surface area is 157 Å². The lowest BCUT2D eigenvalue weighted by Gasteiger charge is -2.37. The van der Waals surface area contributed by atoms with E-state index < -0.39 is 23.6 Å². The highest BCUT2D eigenvalue weighted by Crippen LogP contribution is 2.44. The summed E-state index contributed by atoms with van der Waals surface area (Å²) in [5, 5.41) is 4.34.